The van der Waals surface area contributed by atoms with Crippen molar-refractivity contribution in [2.45, 2.75) is 38.2 Å². The third kappa shape index (κ3) is 3.68. The molecule has 1 aliphatic rings. The average Bonchev–Trinajstić information content (AvgIpc) is 2.45. The molecule has 0 bridgehead atoms. The molecule has 1 aromatic rings. The highest BCUT2D eigenvalue weighted by Crippen LogP contribution is 2.28. The summed E-state index contributed by atoms with van der Waals surface area (Å²) in [5, 5.41) is 2.92. The molecule has 1 N–H and O–H groups in total. The Balaban J connectivity index is 1.93. The minimum Gasteiger partial charge on any atom is -0.331 e. The average molecular weight is 282 g/mol. The van der Waals surface area contributed by atoms with Crippen LogP contribution in [0.1, 0.15) is 37.8 Å². The summed E-state index contributed by atoms with van der Waals surface area (Å²) >= 11 is 0. The van der Waals surface area contributed by atoms with Crippen LogP contribution in [0.15, 0.2) is 30.3 Å². The Labute approximate surface area is 118 Å². The van der Waals surface area contributed by atoms with Crippen molar-refractivity contribution >= 4 is 6.03 Å². The summed E-state index contributed by atoms with van der Waals surface area (Å²) < 4.78 is 26.2. The zero-order valence-corrected chi connectivity index (χ0v) is 11.6. The fourth-order valence-electron chi connectivity index (χ4n) is 2.38. The number of benzene rings is 1. The third-order valence-electron chi connectivity index (χ3n) is 3.69. The second-order valence-electron chi connectivity index (χ2n) is 5.16. The number of carbonyl (C=O) groups is 1. The molecule has 1 aromatic carbocycles. The number of nitrogens with zero attached hydrogens (tertiary/aromatic N) is 1. The first-order valence-corrected chi connectivity index (χ1v) is 7.00. The van der Waals surface area contributed by atoms with E-state index >= 15 is 0 Å². The van der Waals surface area contributed by atoms with Gasteiger partial charge in [0.05, 0.1) is 6.04 Å². The predicted octanol–water partition coefficient (Wildman–Crippen LogP) is 3.58. The summed E-state index contributed by atoms with van der Waals surface area (Å²) in [6, 6.07) is 9.35. The molecule has 110 valence electrons. The minimum absolute atomic E-state index is 0.0777. The number of alkyl halides is 2. The van der Waals surface area contributed by atoms with Crippen LogP contribution in [-0.2, 0) is 0 Å². The van der Waals surface area contributed by atoms with Crippen molar-refractivity contribution in [1.82, 2.24) is 10.2 Å². The van der Waals surface area contributed by atoms with Crippen molar-refractivity contribution in [3.05, 3.63) is 35.9 Å². The van der Waals surface area contributed by atoms with Crippen LogP contribution in [0.5, 0.6) is 0 Å². The van der Waals surface area contributed by atoms with E-state index in [9.17, 15) is 13.6 Å². The molecule has 0 unspecified atom stereocenters. The molecule has 1 saturated heterocycles. The summed E-state index contributed by atoms with van der Waals surface area (Å²) in [6.45, 7) is 2.22. The quantitative estimate of drug-likeness (QED) is 0.903. The van der Waals surface area contributed by atoms with Crippen LogP contribution in [0, 0.1) is 0 Å². The molecule has 0 aromatic heterocycles. The molecule has 2 amide bonds. The summed E-state index contributed by atoms with van der Waals surface area (Å²) in [5.41, 5.74) is 1.03. The molecular formula is C15H20F2N2O. The number of amides is 2. The highest BCUT2D eigenvalue weighted by molar-refractivity contribution is 5.74. The number of hydrogen-bond acceptors (Lipinski definition) is 1. The Kier molecular flexibility index (Phi) is 4.57. The lowest BCUT2D eigenvalue weighted by Gasteiger charge is -2.33. The van der Waals surface area contributed by atoms with Crippen LogP contribution in [0.2, 0.25) is 0 Å². The van der Waals surface area contributed by atoms with Gasteiger partial charge < -0.3 is 10.2 Å². The molecule has 1 atom stereocenters. The lowest BCUT2D eigenvalue weighted by molar-refractivity contribution is -0.0471. The number of likely N-dealkylation sites (tertiary alicyclic amines) is 1. The number of urea groups is 1. The maximum atomic E-state index is 13.1. The van der Waals surface area contributed by atoms with E-state index in [4.69, 9.17) is 0 Å². The molecule has 20 heavy (non-hydrogen) atoms. The van der Waals surface area contributed by atoms with E-state index in [1.54, 1.807) is 0 Å². The Morgan fingerprint density at radius 2 is 1.90 bits per heavy atom. The molecule has 0 saturated carbocycles. The predicted molar refractivity (Wildman–Crippen MR) is 73.8 cm³/mol. The van der Waals surface area contributed by atoms with E-state index < -0.39 is 5.92 Å². The molecule has 3 nitrogen and oxygen atoms in total. The number of carbonyl (C=O) groups excluding carboxylic acids is 1. The molecular weight excluding hydrogens is 262 g/mol. The third-order valence-corrected chi connectivity index (χ3v) is 3.69. The van der Waals surface area contributed by atoms with E-state index in [1.807, 2.05) is 37.3 Å². The number of rotatable bonds is 3. The second kappa shape index (κ2) is 6.20. The lowest BCUT2D eigenvalue weighted by Crippen LogP contribution is -2.48. The van der Waals surface area contributed by atoms with Crippen LogP contribution in [-0.4, -0.2) is 29.9 Å². The van der Waals surface area contributed by atoms with Crippen molar-refractivity contribution < 1.29 is 13.6 Å². The van der Waals surface area contributed by atoms with E-state index in [-0.39, 0.29) is 38.0 Å². The van der Waals surface area contributed by atoms with Crippen LogP contribution in [0.4, 0.5) is 13.6 Å². The fraction of sp³-hybridized carbons (Fsp3) is 0.533. The standard InChI is InChI=1S/C15H20F2N2O/c1-2-13(12-6-4-3-5-7-12)18-14(20)19-10-8-15(16,17)9-11-19/h3-7,13H,2,8-11H2,1H3,(H,18,20)/t13-/m1/s1. The van der Waals surface area contributed by atoms with Gasteiger partial charge in [-0.3, -0.25) is 0 Å². The van der Waals surface area contributed by atoms with Gasteiger partial charge in [-0.05, 0) is 12.0 Å². The summed E-state index contributed by atoms with van der Waals surface area (Å²) in [4.78, 5) is 13.6. The zero-order valence-electron chi connectivity index (χ0n) is 11.6. The van der Waals surface area contributed by atoms with Crippen molar-refractivity contribution in [3.63, 3.8) is 0 Å². The molecule has 0 aliphatic carbocycles. The second-order valence-corrected chi connectivity index (χ2v) is 5.16. The first kappa shape index (κ1) is 14.8. The van der Waals surface area contributed by atoms with Gasteiger partial charge in [-0.2, -0.15) is 0 Å². The Hall–Kier alpha value is -1.65. The van der Waals surface area contributed by atoms with E-state index in [0.717, 1.165) is 12.0 Å². The van der Waals surface area contributed by atoms with Crippen molar-refractivity contribution in [2.75, 3.05) is 13.1 Å². The number of hydrogen-bond donors (Lipinski definition) is 1. The summed E-state index contributed by atoms with van der Waals surface area (Å²) in [6.07, 6.45) is 0.269. The summed E-state index contributed by atoms with van der Waals surface area (Å²) in [7, 11) is 0. The Morgan fingerprint density at radius 3 is 2.45 bits per heavy atom. The van der Waals surface area contributed by atoms with Crippen LogP contribution < -0.4 is 5.32 Å². The van der Waals surface area contributed by atoms with Crippen LogP contribution in [0.3, 0.4) is 0 Å². The number of nitrogens with one attached hydrogen (secondary N) is 1. The number of halogens is 2. The van der Waals surface area contributed by atoms with E-state index in [1.165, 1.54) is 4.90 Å². The normalized spacial score (nSPS) is 19.4. The molecule has 0 radical (unpaired) electrons. The lowest BCUT2D eigenvalue weighted by atomic mass is 10.0. The maximum Gasteiger partial charge on any atom is 0.317 e. The van der Waals surface area contributed by atoms with Gasteiger partial charge in [0.1, 0.15) is 0 Å². The topological polar surface area (TPSA) is 32.3 Å². The fourth-order valence-corrected chi connectivity index (χ4v) is 2.38. The van der Waals surface area contributed by atoms with E-state index in [0.29, 0.717) is 0 Å². The highest BCUT2D eigenvalue weighted by atomic mass is 19.3. The molecule has 5 heteroatoms. The van der Waals surface area contributed by atoms with Gasteiger partial charge in [-0.25, -0.2) is 13.6 Å². The largest absolute Gasteiger partial charge is 0.331 e. The summed E-state index contributed by atoms with van der Waals surface area (Å²) in [5.74, 6) is -2.62. The Morgan fingerprint density at radius 1 is 1.30 bits per heavy atom. The highest BCUT2D eigenvalue weighted by Gasteiger charge is 2.35. The maximum absolute atomic E-state index is 13.1. The minimum atomic E-state index is -2.62. The Bertz CT molecular complexity index is 440. The zero-order chi connectivity index (χ0) is 14.6. The number of piperidine rings is 1. The molecule has 1 aliphatic heterocycles. The van der Waals surface area contributed by atoms with Gasteiger partial charge in [0.2, 0.25) is 0 Å². The van der Waals surface area contributed by atoms with Gasteiger partial charge in [0.25, 0.3) is 5.92 Å². The van der Waals surface area contributed by atoms with Gasteiger partial charge in [-0.1, -0.05) is 37.3 Å². The first-order valence-electron chi connectivity index (χ1n) is 7.00. The van der Waals surface area contributed by atoms with Gasteiger partial charge in [-0.15, -0.1) is 0 Å². The molecule has 2 rings (SSSR count). The van der Waals surface area contributed by atoms with Gasteiger partial charge in [0.15, 0.2) is 0 Å². The SMILES string of the molecule is CC[C@@H](NC(=O)N1CCC(F)(F)CC1)c1ccccc1. The van der Waals surface area contributed by atoms with Crippen LogP contribution in [0.25, 0.3) is 0 Å². The molecule has 0 spiro atoms. The smallest absolute Gasteiger partial charge is 0.317 e. The van der Waals surface area contributed by atoms with E-state index in [2.05, 4.69) is 5.32 Å². The van der Waals surface area contributed by atoms with Crippen LogP contribution >= 0.6 is 0 Å². The van der Waals surface area contributed by atoms with Crippen molar-refractivity contribution in [3.8, 4) is 0 Å². The first-order chi connectivity index (χ1) is 9.52. The molecule has 1 fully saturated rings. The van der Waals surface area contributed by atoms with Crippen molar-refractivity contribution in [1.29, 1.82) is 0 Å². The van der Waals surface area contributed by atoms with Gasteiger partial charge in [0, 0.05) is 25.9 Å². The molecule has 1 heterocycles. The van der Waals surface area contributed by atoms with Gasteiger partial charge >= 0.3 is 6.03 Å². The monoisotopic (exact) mass is 282 g/mol. The van der Waals surface area contributed by atoms with Crippen molar-refractivity contribution in [2.24, 2.45) is 0 Å².